The van der Waals surface area contributed by atoms with Crippen molar-refractivity contribution in [3.8, 4) is 11.1 Å². The lowest BCUT2D eigenvalue weighted by molar-refractivity contribution is -0.156. The van der Waals surface area contributed by atoms with Gasteiger partial charge in [0.1, 0.15) is 12.0 Å². The molecule has 1 atom stereocenters. The third kappa shape index (κ3) is 9.78. The summed E-state index contributed by atoms with van der Waals surface area (Å²) in [6.45, 7) is 6.16. The Morgan fingerprint density at radius 3 is 1.88 bits per heavy atom. The van der Waals surface area contributed by atoms with E-state index in [0.29, 0.717) is 33.5 Å². The molecule has 0 radical (unpaired) electrons. The van der Waals surface area contributed by atoms with Crippen molar-refractivity contribution < 1.29 is 41.8 Å². The number of carbonyl (C=O) groups excluding carboxylic acids is 3. The smallest absolute Gasteiger partial charge is 0.416 e. The summed E-state index contributed by atoms with van der Waals surface area (Å²) in [5, 5.41) is 0. The van der Waals surface area contributed by atoms with Crippen molar-refractivity contribution in [3.63, 3.8) is 0 Å². The molecule has 7 nitrogen and oxygen atoms in total. The zero-order valence-corrected chi connectivity index (χ0v) is 27.7. The third-order valence-electron chi connectivity index (χ3n) is 7.60. The van der Waals surface area contributed by atoms with Crippen molar-refractivity contribution in [2.24, 2.45) is 0 Å². The molecule has 0 bridgehead atoms. The Balaban J connectivity index is 0.00000148. The van der Waals surface area contributed by atoms with E-state index in [1.807, 2.05) is 13.0 Å². The highest BCUT2D eigenvalue weighted by Crippen LogP contribution is 2.32. The summed E-state index contributed by atoms with van der Waals surface area (Å²) >= 11 is 0. The molecule has 0 spiro atoms. The van der Waals surface area contributed by atoms with Gasteiger partial charge < -0.3 is 19.1 Å². The van der Waals surface area contributed by atoms with Crippen LogP contribution in [0, 0.1) is 0 Å². The molecule has 4 aromatic carbocycles. The van der Waals surface area contributed by atoms with Gasteiger partial charge in [0.15, 0.2) is 0 Å². The van der Waals surface area contributed by atoms with E-state index >= 15 is 0 Å². The number of hydrogen-bond donors (Lipinski definition) is 0. The topological polar surface area (TPSA) is 82.1 Å². The molecule has 48 heavy (non-hydrogen) atoms. The second-order valence-corrected chi connectivity index (χ2v) is 11.0. The van der Waals surface area contributed by atoms with Crippen LogP contribution in [0.15, 0.2) is 103 Å². The van der Waals surface area contributed by atoms with Gasteiger partial charge in [0.05, 0.1) is 18.6 Å². The van der Waals surface area contributed by atoms with Gasteiger partial charge >= 0.3 is 18.1 Å². The van der Waals surface area contributed by atoms with Crippen LogP contribution >= 0.6 is 0 Å². The first-order valence-corrected chi connectivity index (χ1v) is 15.4. The first-order valence-electron chi connectivity index (χ1n) is 15.4. The van der Waals surface area contributed by atoms with E-state index in [1.165, 1.54) is 17.0 Å². The van der Waals surface area contributed by atoms with Gasteiger partial charge in [-0.05, 0) is 73.4 Å². The number of benzene rings is 4. The average molecular weight is 664 g/mol. The fourth-order valence-corrected chi connectivity index (χ4v) is 4.69. The van der Waals surface area contributed by atoms with E-state index in [4.69, 9.17) is 9.47 Å². The van der Waals surface area contributed by atoms with E-state index in [2.05, 4.69) is 4.74 Å². The fourth-order valence-electron chi connectivity index (χ4n) is 4.69. The fraction of sp³-hybridized carbons (Fsp3) is 0.289. The third-order valence-corrected chi connectivity index (χ3v) is 7.60. The zero-order chi connectivity index (χ0) is 35.3. The maximum Gasteiger partial charge on any atom is 0.416 e. The van der Waals surface area contributed by atoms with E-state index < -0.39 is 29.1 Å². The number of carbonyl (C=O) groups is 3. The maximum absolute atomic E-state index is 13.5. The van der Waals surface area contributed by atoms with Crippen LogP contribution in [0.2, 0.25) is 0 Å². The molecule has 0 aromatic heterocycles. The quantitative estimate of drug-likeness (QED) is 0.152. The molecular formula is C38H40F3NO6. The number of nitrogens with zero attached hydrogens (tertiary/aromatic N) is 1. The minimum atomic E-state index is -4.46. The van der Waals surface area contributed by atoms with E-state index in [-0.39, 0.29) is 25.5 Å². The van der Waals surface area contributed by atoms with Crippen molar-refractivity contribution >= 4 is 23.5 Å². The molecule has 0 fully saturated rings. The second kappa shape index (κ2) is 17.3. The predicted octanol–water partition coefficient (Wildman–Crippen LogP) is 7.91. The summed E-state index contributed by atoms with van der Waals surface area (Å²) in [5.41, 5.74) is 1.23. The lowest BCUT2D eigenvalue weighted by atomic mass is 9.83. The molecule has 0 aliphatic rings. The van der Waals surface area contributed by atoms with Crippen LogP contribution in [0.5, 0.6) is 0 Å². The normalized spacial score (nSPS) is 12.2. The maximum atomic E-state index is 13.5. The number of hydrogen-bond acceptors (Lipinski definition) is 6. The molecule has 254 valence electrons. The largest absolute Gasteiger partial charge is 0.465 e. The van der Waals surface area contributed by atoms with Crippen LogP contribution in [0.25, 0.3) is 11.1 Å². The number of alkyl halides is 3. The van der Waals surface area contributed by atoms with Crippen molar-refractivity contribution in [2.75, 3.05) is 38.9 Å². The predicted molar refractivity (Wildman–Crippen MR) is 179 cm³/mol. The second-order valence-electron chi connectivity index (χ2n) is 11.0. The number of methoxy groups -OCH3 is 1. The van der Waals surface area contributed by atoms with Crippen LogP contribution in [0.4, 0.5) is 18.9 Å². The summed E-state index contributed by atoms with van der Waals surface area (Å²) in [5.74, 6) is -1.37. The van der Waals surface area contributed by atoms with Crippen LogP contribution in [0.3, 0.4) is 0 Å². The molecule has 0 aliphatic carbocycles. The van der Waals surface area contributed by atoms with Gasteiger partial charge in [-0.2, -0.15) is 13.2 Å². The van der Waals surface area contributed by atoms with E-state index in [9.17, 15) is 27.6 Å². The molecule has 0 heterocycles. The van der Waals surface area contributed by atoms with Gasteiger partial charge in [0.2, 0.25) is 0 Å². The molecular weight excluding hydrogens is 623 g/mol. The van der Waals surface area contributed by atoms with Gasteiger partial charge in [-0.25, -0.2) is 0 Å². The molecule has 1 amide bonds. The number of anilines is 1. The highest BCUT2D eigenvalue weighted by molar-refractivity contribution is 6.10. The number of ether oxygens (including phenoxy) is 3. The van der Waals surface area contributed by atoms with E-state index in [1.54, 1.807) is 101 Å². The summed E-state index contributed by atoms with van der Waals surface area (Å²) in [4.78, 5) is 40.4. The number of halogens is 3. The molecule has 0 N–H and O–H groups in total. The monoisotopic (exact) mass is 663 g/mol. The Hall–Kier alpha value is -4.96. The van der Waals surface area contributed by atoms with Crippen LogP contribution in [-0.4, -0.2) is 51.8 Å². The molecule has 4 aromatic rings. The summed E-state index contributed by atoms with van der Waals surface area (Å²) in [6, 6.07) is 27.1. The van der Waals surface area contributed by atoms with Crippen molar-refractivity contribution in [3.05, 3.63) is 125 Å². The lowest BCUT2D eigenvalue weighted by Crippen LogP contribution is -2.40. The minimum absolute atomic E-state index is 0.0532. The van der Waals surface area contributed by atoms with Crippen LogP contribution < -0.4 is 4.90 Å². The Morgan fingerprint density at radius 1 is 0.729 bits per heavy atom. The Morgan fingerprint density at radius 2 is 1.31 bits per heavy atom. The average Bonchev–Trinajstić information content (AvgIpc) is 3.10. The molecule has 0 saturated carbocycles. The van der Waals surface area contributed by atoms with Crippen molar-refractivity contribution in [2.45, 2.75) is 38.8 Å². The van der Waals surface area contributed by atoms with Crippen LogP contribution in [-0.2, 0) is 41.8 Å². The number of amides is 1. The SMILES string of the molecule is CCOC.CCOC(=O)C(C)(COC(=O)Cc1ccc(N(C)C(=O)c2ccccc2-c2ccc(C(F)(F)F)cc2)cc1)c1ccccc1. The van der Waals surface area contributed by atoms with Gasteiger partial charge in [0.25, 0.3) is 5.91 Å². The van der Waals surface area contributed by atoms with Crippen molar-refractivity contribution in [1.82, 2.24) is 0 Å². The molecule has 0 aliphatic heterocycles. The number of rotatable bonds is 11. The number of esters is 2. The minimum Gasteiger partial charge on any atom is -0.465 e. The Kier molecular flexibility index (Phi) is 13.5. The van der Waals surface area contributed by atoms with Gasteiger partial charge in [0, 0.05) is 32.0 Å². The summed E-state index contributed by atoms with van der Waals surface area (Å²) < 4.78 is 54.4. The highest BCUT2D eigenvalue weighted by atomic mass is 19.4. The zero-order valence-electron chi connectivity index (χ0n) is 27.7. The molecule has 4 rings (SSSR count). The molecule has 1 unspecified atom stereocenters. The highest BCUT2D eigenvalue weighted by Gasteiger charge is 2.38. The lowest BCUT2D eigenvalue weighted by Gasteiger charge is -2.27. The van der Waals surface area contributed by atoms with Gasteiger partial charge in [-0.15, -0.1) is 0 Å². The molecule has 10 heteroatoms. The first-order chi connectivity index (χ1) is 22.8. The molecule has 0 saturated heterocycles. The standard InChI is InChI=1S/C35H32F3NO5.C3H8O/c1-4-43-33(42)34(2,26-10-6-5-7-11-26)23-44-31(40)22-24-14-20-28(21-15-24)39(3)32(41)30-13-9-8-12-29(30)25-16-18-27(19-17-25)35(36,37)38;1-3-4-2/h5-21H,4,22-23H2,1-3H3;3H2,1-2H3. The summed E-state index contributed by atoms with van der Waals surface area (Å²) in [7, 11) is 3.27. The van der Waals surface area contributed by atoms with Crippen molar-refractivity contribution in [1.29, 1.82) is 0 Å². The van der Waals surface area contributed by atoms with Gasteiger partial charge in [-0.1, -0.05) is 72.8 Å². The summed E-state index contributed by atoms with van der Waals surface area (Å²) in [6.07, 6.45) is -4.51. The van der Waals surface area contributed by atoms with Gasteiger partial charge in [-0.3, -0.25) is 14.4 Å². The first kappa shape index (κ1) is 37.5. The Labute approximate surface area is 279 Å². The van der Waals surface area contributed by atoms with Crippen LogP contribution in [0.1, 0.15) is 47.8 Å². The van der Waals surface area contributed by atoms with E-state index in [0.717, 1.165) is 18.7 Å². The Bertz CT molecular complexity index is 1640.